The van der Waals surface area contributed by atoms with Crippen LogP contribution in [0.1, 0.15) is 50.9 Å². The zero-order valence-corrected chi connectivity index (χ0v) is 18.1. The quantitative estimate of drug-likeness (QED) is 0.526. The number of hydrogen-bond donors (Lipinski definition) is 3. The van der Waals surface area contributed by atoms with Gasteiger partial charge in [0, 0.05) is 29.9 Å². The van der Waals surface area contributed by atoms with E-state index < -0.39 is 17.6 Å². The largest absolute Gasteiger partial charge is 0.324 e. The summed E-state index contributed by atoms with van der Waals surface area (Å²) in [5, 5.41) is 8.51. The van der Waals surface area contributed by atoms with Crippen LogP contribution < -0.4 is 16.0 Å². The van der Waals surface area contributed by atoms with Gasteiger partial charge < -0.3 is 16.0 Å². The minimum absolute atomic E-state index is 0.0206. The molecule has 0 spiro atoms. The number of thiophene rings is 1. The van der Waals surface area contributed by atoms with Crippen molar-refractivity contribution in [2.45, 2.75) is 32.6 Å². The Morgan fingerprint density at radius 2 is 1.84 bits per heavy atom. The predicted molar refractivity (Wildman–Crippen MR) is 122 cm³/mol. The number of carbonyl (C=O) groups excluding carboxylic acids is 3. The van der Waals surface area contributed by atoms with Crippen LogP contribution in [0, 0.1) is 5.82 Å². The number of anilines is 3. The Bertz CT molecular complexity index is 1190. The van der Waals surface area contributed by atoms with E-state index >= 15 is 0 Å². The van der Waals surface area contributed by atoms with Crippen molar-refractivity contribution in [1.82, 2.24) is 4.98 Å². The van der Waals surface area contributed by atoms with Gasteiger partial charge in [0.1, 0.15) is 10.8 Å². The Kier molecular flexibility index (Phi) is 6.27. The van der Waals surface area contributed by atoms with Gasteiger partial charge in [0.15, 0.2) is 0 Å². The maximum atomic E-state index is 14.0. The van der Waals surface area contributed by atoms with Crippen LogP contribution in [0.15, 0.2) is 42.7 Å². The summed E-state index contributed by atoms with van der Waals surface area (Å²) >= 11 is 1.41. The van der Waals surface area contributed by atoms with Crippen LogP contribution in [-0.2, 0) is 17.6 Å². The molecule has 0 fully saturated rings. The summed E-state index contributed by atoms with van der Waals surface area (Å²) in [6, 6.07) is 7.28. The topological polar surface area (TPSA) is 100 Å². The van der Waals surface area contributed by atoms with Crippen molar-refractivity contribution in [2.75, 3.05) is 16.0 Å². The molecule has 2 heterocycles. The number of nitrogens with zero attached hydrogens (tertiary/aromatic N) is 1. The number of aryl methyl sites for hydroxylation is 1. The van der Waals surface area contributed by atoms with E-state index in [0.29, 0.717) is 21.8 Å². The van der Waals surface area contributed by atoms with E-state index in [4.69, 9.17) is 0 Å². The number of rotatable bonds is 5. The van der Waals surface area contributed by atoms with E-state index in [2.05, 4.69) is 20.9 Å². The standard InChI is InChI=1S/C23H21FN4O3S/c1-13(29)26-18-11-15(8-9-17(18)24)27-22(31)20-16-6-2-3-7-19(16)32-23(20)28-21(30)14-5-4-10-25-12-14/h4-5,8-12H,2-3,6-7H2,1H3,(H,26,29)(H,27,31)(H,28,30). The number of fused-ring (bicyclic) bond motifs is 1. The number of nitrogens with one attached hydrogen (secondary N) is 3. The molecular weight excluding hydrogens is 431 g/mol. The van der Waals surface area contributed by atoms with E-state index in [9.17, 15) is 18.8 Å². The lowest BCUT2D eigenvalue weighted by molar-refractivity contribution is -0.114. The third kappa shape index (κ3) is 4.67. The fourth-order valence-electron chi connectivity index (χ4n) is 3.65. The maximum Gasteiger partial charge on any atom is 0.258 e. The Balaban J connectivity index is 1.63. The first kappa shape index (κ1) is 21.6. The van der Waals surface area contributed by atoms with Crippen molar-refractivity contribution in [1.29, 1.82) is 0 Å². The lowest BCUT2D eigenvalue weighted by Crippen LogP contribution is -2.19. The minimum atomic E-state index is -0.601. The molecule has 1 aliphatic rings. The van der Waals surface area contributed by atoms with Gasteiger partial charge in [0.25, 0.3) is 11.8 Å². The summed E-state index contributed by atoms with van der Waals surface area (Å²) in [6.07, 6.45) is 6.64. The van der Waals surface area contributed by atoms with Crippen molar-refractivity contribution < 1.29 is 18.8 Å². The average Bonchev–Trinajstić information content (AvgIpc) is 3.14. The van der Waals surface area contributed by atoms with Gasteiger partial charge in [-0.3, -0.25) is 19.4 Å². The van der Waals surface area contributed by atoms with Crippen LogP contribution >= 0.6 is 11.3 Å². The molecule has 9 heteroatoms. The fraction of sp³-hybridized carbons (Fsp3) is 0.217. The predicted octanol–water partition coefficient (Wildman–Crippen LogP) is 4.62. The van der Waals surface area contributed by atoms with Crippen molar-refractivity contribution >= 4 is 45.4 Å². The van der Waals surface area contributed by atoms with E-state index in [0.717, 1.165) is 36.1 Å². The number of aromatic nitrogens is 1. The Hall–Kier alpha value is -3.59. The highest BCUT2D eigenvalue weighted by molar-refractivity contribution is 7.17. The Labute approximate surface area is 188 Å². The van der Waals surface area contributed by atoms with Gasteiger partial charge >= 0.3 is 0 Å². The first-order valence-corrected chi connectivity index (χ1v) is 11.0. The summed E-state index contributed by atoms with van der Waals surface area (Å²) in [5.41, 5.74) is 2.06. The molecule has 7 nitrogen and oxygen atoms in total. The van der Waals surface area contributed by atoms with Crippen molar-refractivity contribution in [2.24, 2.45) is 0 Å². The summed E-state index contributed by atoms with van der Waals surface area (Å²) in [4.78, 5) is 42.3. The molecule has 0 radical (unpaired) electrons. The molecule has 0 bridgehead atoms. The molecule has 0 saturated heterocycles. The van der Waals surface area contributed by atoms with Crippen LogP contribution in [-0.4, -0.2) is 22.7 Å². The van der Waals surface area contributed by atoms with E-state index in [1.165, 1.54) is 42.7 Å². The van der Waals surface area contributed by atoms with Gasteiger partial charge in [-0.05, 0) is 61.6 Å². The first-order chi connectivity index (χ1) is 15.4. The van der Waals surface area contributed by atoms with Crippen LogP contribution in [0.25, 0.3) is 0 Å². The zero-order valence-electron chi connectivity index (χ0n) is 17.3. The summed E-state index contributed by atoms with van der Waals surface area (Å²) in [7, 11) is 0. The molecule has 164 valence electrons. The third-order valence-corrected chi connectivity index (χ3v) is 6.29. The lowest BCUT2D eigenvalue weighted by Gasteiger charge is -2.14. The van der Waals surface area contributed by atoms with Crippen LogP contribution in [0.4, 0.5) is 20.8 Å². The molecule has 0 unspecified atom stereocenters. The molecule has 3 N–H and O–H groups in total. The van der Waals surface area contributed by atoms with Gasteiger partial charge in [-0.25, -0.2) is 4.39 Å². The molecule has 2 aromatic heterocycles. The molecule has 4 rings (SSSR count). The van der Waals surface area contributed by atoms with E-state index in [1.54, 1.807) is 18.3 Å². The van der Waals surface area contributed by atoms with Crippen molar-refractivity contribution in [3.8, 4) is 0 Å². The average molecular weight is 453 g/mol. The highest BCUT2D eigenvalue weighted by atomic mass is 32.1. The normalized spacial score (nSPS) is 12.6. The van der Waals surface area contributed by atoms with Gasteiger partial charge in [0.2, 0.25) is 5.91 Å². The first-order valence-electron chi connectivity index (χ1n) is 10.2. The summed E-state index contributed by atoms with van der Waals surface area (Å²) < 4.78 is 14.0. The Morgan fingerprint density at radius 1 is 1.03 bits per heavy atom. The highest BCUT2D eigenvalue weighted by Crippen LogP contribution is 2.39. The minimum Gasteiger partial charge on any atom is -0.324 e. The molecule has 0 saturated carbocycles. The van der Waals surface area contributed by atoms with E-state index in [-0.39, 0.29) is 11.6 Å². The Morgan fingerprint density at radius 3 is 2.59 bits per heavy atom. The number of hydrogen-bond acceptors (Lipinski definition) is 5. The monoisotopic (exact) mass is 452 g/mol. The van der Waals surface area contributed by atoms with Crippen LogP contribution in [0.5, 0.6) is 0 Å². The molecule has 1 aliphatic carbocycles. The molecule has 1 aromatic carbocycles. The molecule has 32 heavy (non-hydrogen) atoms. The summed E-state index contributed by atoms with van der Waals surface area (Å²) in [6.45, 7) is 1.28. The highest BCUT2D eigenvalue weighted by Gasteiger charge is 2.27. The van der Waals surface area contributed by atoms with Gasteiger partial charge in [0.05, 0.1) is 16.8 Å². The molecular formula is C23H21FN4O3S. The van der Waals surface area contributed by atoms with Crippen LogP contribution in [0.2, 0.25) is 0 Å². The number of pyridine rings is 1. The van der Waals surface area contributed by atoms with Gasteiger partial charge in [-0.1, -0.05) is 0 Å². The third-order valence-electron chi connectivity index (χ3n) is 5.08. The maximum absolute atomic E-state index is 14.0. The van der Waals surface area contributed by atoms with E-state index in [1.807, 2.05) is 0 Å². The fourth-order valence-corrected chi connectivity index (χ4v) is 4.93. The van der Waals surface area contributed by atoms with Crippen LogP contribution in [0.3, 0.4) is 0 Å². The second kappa shape index (κ2) is 9.27. The number of benzene rings is 1. The van der Waals surface area contributed by atoms with Gasteiger partial charge in [-0.15, -0.1) is 11.3 Å². The molecule has 3 amide bonds. The lowest BCUT2D eigenvalue weighted by atomic mass is 9.95. The second-order valence-electron chi connectivity index (χ2n) is 7.44. The van der Waals surface area contributed by atoms with Crippen molar-refractivity contribution in [3.63, 3.8) is 0 Å². The number of halogens is 1. The smallest absolute Gasteiger partial charge is 0.258 e. The van der Waals surface area contributed by atoms with Gasteiger partial charge in [-0.2, -0.15) is 0 Å². The molecule has 0 aliphatic heterocycles. The molecule has 3 aromatic rings. The molecule has 0 atom stereocenters. The number of carbonyl (C=O) groups is 3. The zero-order chi connectivity index (χ0) is 22.7. The second-order valence-corrected chi connectivity index (χ2v) is 8.55. The van der Waals surface area contributed by atoms with Crippen molar-refractivity contribution in [3.05, 3.63) is 70.1 Å². The summed E-state index contributed by atoms with van der Waals surface area (Å²) in [5.74, 6) is -1.76. The number of amides is 3. The SMILES string of the molecule is CC(=O)Nc1cc(NC(=O)c2c(NC(=O)c3cccnc3)sc3c2CCCC3)ccc1F.